The molecule has 23 heavy (non-hydrogen) atoms. The van der Waals surface area contributed by atoms with Gasteiger partial charge in [0.1, 0.15) is 5.69 Å². The molecule has 0 unspecified atom stereocenters. The molecule has 0 bridgehead atoms. The monoisotopic (exact) mass is 313 g/mol. The van der Waals surface area contributed by atoms with Crippen LogP contribution in [-0.4, -0.2) is 29.2 Å². The zero-order valence-corrected chi connectivity index (χ0v) is 13.6. The maximum atomic E-state index is 12.5. The fraction of sp³-hybridized carbons (Fsp3) is 0.235. The van der Waals surface area contributed by atoms with Gasteiger partial charge in [-0.2, -0.15) is 0 Å². The Kier molecular flexibility index (Phi) is 4.64. The van der Waals surface area contributed by atoms with E-state index in [1.165, 1.54) is 7.05 Å². The molecule has 0 aliphatic rings. The Bertz CT molecular complexity index is 776. The van der Waals surface area contributed by atoms with Gasteiger partial charge in [-0.1, -0.05) is 18.2 Å². The average molecular weight is 313 g/mol. The Morgan fingerprint density at radius 2 is 1.65 bits per heavy atom. The van der Waals surface area contributed by atoms with Crippen molar-refractivity contribution in [1.29, 1.82) is 0 Å². The summed E-state index contributed by atoms with van der Waals surface area (Å²) in [6.45, 7) is 3.38. The number of aromatic nitrogens is 1. The maximum absolute atomic E-state index is 12.5. The first-order valence-electron chi connectivity index (χ1n) is 7.17. The summed E-state index contributed by atoms with van der Waals surface area (Å²) in [6.07, 6.45) is 0. The first kappa shape index (κ1) is 16.5. The number of ketones is 1. The van der Waals surface area contributed by atoms with E-state index in [9.17, 15) is 14.4 Å². The van der Waals surface area contributed by atoms with Gasteiger partial charge in [0.05, 0.1) is 5.56 Å². The molecule has 0 aliphatic heterocycles. The number of hydrogen-bond acceptors (Lipinski definition) is 3. The predicted molar refractivity (Wildman–Crippen MR) is 87.7 cm³/mol. The van der Waals surface area contributed by atoms with Crippen molar-refractivity contribution in [3.05, 3.63) is 52.8 Å². The van der Waals surface area contributed by atoms with E-state index in [1.807, 2.05) is 18.2 Å². The van der Waals surface area contributed by atoms with Crippen molar-refractivity contribution < 1.29 is 14.4 Å². The molecule has 0 aliphatic carbocycles. The number of Topliss-reactive ketones (excluding diaryl/α,β-unsaturated/α-hetero) is 1. The van der Waals surface area contributed by atoms with E-state index >= 15 is 0 Å². The molecule has 1 aromatic carbocycles. The predicted octanol–water partition coefficient (Wildman–Crippen LogP) is 1.82. The van der Waals surface area contributed by atoms with E-state index in [2.05, 4.69) is 10.6 Å². The fourth-order valence-electron chi connectivity index (χ4n) is 2.57. The molecule has 0 radical (unpaired) electrons. The van der Waals surface area contributed by atoms with Crippen LogP contribution in [0.3, 0.4) is 0 Å². The molecule has 2 amide bonds. The zero-order valence-electron chi connectivity index (χ0n) is 13.6. The van der Waals surface area contributed by atoms with Gasteiger partial charge in [-0.3, -0.25) is 14.4 Å². The van der Waals surface area contributed by atoms with Crippen molar-refractivity contribution in [2.24, 2.45) is 7.05 Å². The Balaban J connectivity index is 2.42. The zero-order chi connectivity index (χ0) is 17.1. The number of amides is 2. The molecule has 0 saturated heterocycles. The van der Waals surface area contributed by atoms with Gasteiger partial charge >= 0.3 is 0 Å². The van der Waals surface area contributed by atoms with Gasteiger partial charge < -0.3 is 15.2 Å². The molecular weight excluding hydrogens is 294 g/mol. The summed E-state index contributed by atoms with van der Waals surface area (Å²) in [5, 5.41) is 5.11. The molecule has 0 fully saturated rings. The van der Waals surface area contributed by atoms with Gasteiger partial charge in [0.15, 0.2) is 0 Å². The third kappa shape index (κ3) is 3.01. The maximum Gasteiger partial charge on any atom is 0.292 e. The lowest BCUT2D eigenvalue weighted by molar-refractivity contribution is -0.116. The normalized spacial score (nSPS) is 10.3. The van der Waals surface area contributed by atoms with Crippen LogP contribution in [0.5, 0.6) is 0 Å². The number of benzene rings is 1. The Morgan fingerprint density at radius 1 is 1.04 bits per heavy atom. The second-order valence-corrected chi connectivity index (χ2v) is 5.22. The van der Waals surface area contributed by atoms with Gasteiger partial charge in [0, 0.05) is 25.5 Å². The lowest BCUT2D eigenvalue weighted by Gasteiger charge is -2.08. The van der Waals surface area contributed by atoms with Crippen LogP contribution >= 0.6 is 0 Å². The Labute approximate surface area is 134 Å². The highest BCUT2D eigenvalue weighted by Gasteiger charge is 2.27. The molecule has 1 aromatic heterocycles. The third-order valence-corrected chi connectivity index (χ3v) is 3.84. The largest absolute Gasteiger partial charge is 0.352 e. The molecule has 0 spiro atoms. The number of nitrogens with zero attached hydrogens (tertiary/aromatic N) is 1. The average Bonchev–Trinajstić information content (AvgIpc) is 2.76. The van der Waals surface area contributed by atoms with Crippen LogP contribution in [-0.2, 0) is 11.8 Å². The van der Waals surface area contributed by atoms with Crippen molar-refractivity contribution >= 4 is 23.3 Å². The molecule has 2 N–H and O–H groups in total. The van der Waals surface area contributed by atoms with Crippen LogP contribution in [0, 0.1) is 13.8 Å². The smallest absolute Gasteiger partial charge is 0.292 e. The van der Waals surface area contributed by atoms with Gasteiger partial charge in [-0.15, -0.1) is 0 Å². The van der Waals surface area contributed by atoms with Crippen LogP contribution in [0.25, 0.3) is 0 Å². The van der Waals surface area contributed by atoms with Gasteiger partial charge in [0.25, 0.3) is 17.6 Å². The van der Waals surface area contributed by atoms with Crippen LogP contribution in [0.15, 0.2) is 30.3 Å². The Hall–Kier alpha value is -2.89. The van der Waals surface area contributed by atoms with E-state index in [-0.39, 0.29) is 11.5 Å². The van der Waals surface area contributed by atoms with Crippen molar-refractivity contribution in [1.82, 2.24) is 9.88 Å². The molecular formula is C17H19N3O3. The summed E-state index contributed by atoms with van der Waals surface area (Å²) in [6, 6.07) is 9.05. The van der Waals surface area contributed by atoms with E-state index in [1.54, 1.807) is 37.6 Å². The highest BCUT2D eigenvalue weighted by Crippen LogP contribution is 2.23. The lowest BCUT2D eigenvalue weighted by Crippen LogP contribution is -2.28. The number of carbonyl (C=O) groups excluding carboxylic acids is 3. The highest BCUT2D eigenvalue weighted by atomic mass is 16.2. The third-order valence-electron chi connectivity index (χ3n) is 3.84. The van der Waals surface area contributed by atoms with E-state index in [0.717, 1.165) is 0 Å². The number of anilines is 1. The number of rotatable bonds is 4. The lowest BCUT2D eigenvalue weighted by atomic mass is 10.0. The second-order valence-electron chi connectivity index (χ2n) is 5.22. The van der Waals surface area contributed by atoms with Gasteiger partial charge in [-0.05, 0) is 31.5 Å². The summed E-state index contributed by atoms with van der Waals surface area (Å²) in [7, 11) is 3.10. The van der Waals surface area contributed by atoms with Crippen LogP contribution in [0.1, 0.15) is 32.1 Å². The van der Waals surface area contributed by atoms with Crippen LogP contribution < -0.4 is 10.6 Å². The topological polar surface area (TPSA) is 80.2 Å². The van der Waals surface area contributed by atoms with Gasteiger partial charge in [0.2, 0.25) is 0 Å². The minimum atomic E-state index is -0.697. The second kappa shape index (κ2) is 6.48. The number of nitrogens with one attached hydrogen (secondary N) is 2. The van der Waals surface area contributed by atoms with Crippen molar-refractivity contribution in [2.75, 3.05) is 12.4 Å². The first-order chi connectivity index (χ1) is 10.9. The van der Waals surface area contributed by atoms with Crippen LogP contribution in [0.2, 0.25) is 0 Å². The van der Waals surface area contributed by atoms with E-state index in [4.69, 9.17) is 0 Å². The van der Waals surface area contributed by atoms with Crippen molar-refractivity contribution in [3.63, 3.8) is 0 Å². The molecule has 1 heterocycles. The minimum Gasteiger partial charge on any atom is -0.352 e. The quantitative estimate of drug-likeness (QED) is 0.667. The summed E-state index contributed by atoms with van der Waals surface area (Å²) in [5.41, 5.74) is 2.36. The minimum absolute atomic E-state index is 0.269. The first-order valence-corrected chi connectivity index (χ1v) is 7.17. The van der Waals surface area contributed by atoms with Crippen molar-refractivity contribution in [3.8, 4) is 0 Å². The SMILES string of the molecule is CNC(=O)C(=O)c1c(C)c(C(=O)Nc2ccccc2)n(C)c1C. The van der Waals surface area contributed by atoms with Crippen molar-refractivity contribution in [2.45, 2.75) is 13.8 Å². The van der Waals surface area contributed by atoms with E-state index in [0.29, 0.717) is 22.6 Å². The molecule has 0 saturated carbocycles. The summed E-state index contributed by atoms with van der Waals surface area (Å²) >= 11 is 0. The summed E-state index contributed by atoms with van der Waals surface area (Å²) in [4.78, 5) is 36.4. The van der Waals surface area contributed by atoms with E-state index < -0.39 is 11.7 Å². The molecule has 0 atom stereocenters. The number of likely N-dealkylation sites (N-methyl/N-ethyl adjacent to an activating group) is 1. The molecule has 2 rings (SSSR count). The molecule has 6 nitrogen and oxygen atoms in total. The molecule has 2 aromatic rings. The molecule has 6 heteroatoms. The summed E-state index contributed by atoms with van der Waals surface area (Å²) < 4.78 is 1.63. The molecule has 120 valence electrons. The number of para-hydroxylation sites is 1. The van der Waals surface area contributed by atoms with Crippen LogP contribution in [0.4, 0.5) is 5.69 Å². The fourth-order valence-corrected chi connectivity index (χ4v) is 2.57. The van der Waals surface area contributed by atoms with Gasteiger partial charge in [-0.25, -0.2) is 0 Å². The standard InChI is InChI=1S/C17H19N3O3/c1-10-13(15(21)17(23)18-3)11(2)20(4)14(10)16(22)19-12-8-6-5-7-9-12/h5-9H,1-4H3,(H,18,23)(H,19,22). The number of carbonyl (C=O) groups is 3. The number of hydrogen-bond donors (Lipinski definition) is 2. The highest BCUT2D eigenvalue weighted by molar-refractivity contribution is 6.43. The Morgan fingerprint density at radius 3 is 2.22 bits per heavy atom. The summed E-state index contributed by atoms with van der Waals surface area (Å²) in [5.74, 6) is -1.66.